The molecule has 1 aromatic carbocycles. The van der Waals surface area contributed by atoms with E-state index in [9.17, 15) is 4.79 Å². The smallest absolute Gasteiger partial charge is 0.226 e. The maximum atomic E-state index is 12.1. The molecule has 6 nitrogen and oxygen atoms in total. The van der Waals surface area contributed by atoms with Crippen molar-refractivity contribution in [3.05, 3.63) is 59.8 Å². The first-order valence-electron chi connectivity index (χ1n) is 9.82. The van der Waals surface area contributed by atoms with Crippen molar-refractivity contribution in [2.75, 3.05) is 14.1 Å². The molecule has 0 unspecified atom stereocenters. The molecule has 0 saturated heterocycles. The van der Waals surface area contributed by atoms with E-state index in [4.69, 9.17) is 9.40 Å². The summed E-state index contributed by atoms with van der Waals surface area (Å²) in [6.45, 7) is 0. The number of likely N-dealkylation sites (N-methyl/N-ethyl adjacent to an activating group) is 1. The van der Waals surface area contributed by atoms with Crippen LogP contribution in [0, 0.1) is 0 Å². The van der Waals surface area contributed by atoms with Gasteiger partial charge in [-0.2, -0.15) is 5.10 Å². The Hall–Kier alpha value is -3.41. The van der Waals surface area contributed by atoms with Crippen LogP contribution in [-0.4, -0.2) is 40.1 Å². The fraction of sp³-hybridized carbons (Fsp3) is 0.261. The number of furan rings is 1. The van der Waals surface area contributed by atoms with Crippen LogP contribution in [0.3, 0.4) is 0 Å². The van der Waals surface area contributed by atoms with Crippen LogP contribution in [0.25, 0.3) is 33.8 Å². The maximum Gasteiger partial charge on any atom is 0.226 e. The van der Waals surface area contributed by atoms with Crippen molar-refractivity contribution in [3.8, 4) is 22.9 Å². The van der Waals surface area contributed by atoms with E-state index in [0.717, 1.165) is 39.4 Å². The third-order valence-electron chi connectivity index (χ3n) is 5.40. The summed E-state index contributed by atoms with van der Waals surface area (Å²) in [6, 6.07) is 14.1. The van der Waals surface area contributed by atoms with Crippen LogP contribution in [-0.2, 0) is 11.2 Å². The number of hydrogen-bond donors (Lipinski definition) is 1. The van der Waals surface area contributed by atoms with Crippen LogP contribution in [0.4, 0.5) is 0 Å². The number of pyridine rings is 1. The van der Waals surface area contributed by atoms with Gasteiger partial charge >= 0.3 is 0 Å². The summed E-state index contributed by atoms with van der Waals surface area (Å²) in [7, 11) is 3.55. The Morgan fingerprint density at radius 3 is 2.69 bits per heavy atom. The number of H-pyrrole nitrogens is 1. The predicted molar refractivity (Wildman–Crippen MR) is 111 cm³/mol. The molecule has 0 bridgehead atoms. The van der Waals surface area contributed by atoms with Crippen molar-refractivity contribution in [1.29, 1.82) is 0 Å². The number of fused-ring (bicyclic) bond motifs is 1. The average Bonchev–Trinajstić information content (AvgIpc) is 3.19. The normalized spacial score (nSPS) is 13.7. The number of aromatic nitrogens is 3. The van der Waals surface area contributed by atoms with E-state index < -0.39 is 0 Å². The number of aromatic amines is 1. The number of hydrogen-bond acceptors (Lipinski definition) is 4. The van der Waals surface area contributed by atoms with Crippen molar-refractivity contribution >= 4 is 16.8 Å². The molecule has 4 aromatic rings. The molecule has 0 radical (unpaired) electrons. The zero-order chi connectivity index (χ0) is 20.0. The first-order valence-corrected chi connectivity index (χ1v) is 9.82. The van der Waals surface area contributed by atoms with E-state index in [2.05, 4.69) is 22.3 Å². The third-order valence-corrected chi connectivity index (χ3v) is 5.40. The van der Waals surface area contributed by atoms with Gasteiger partial charge in [0, 0.05) is 25.7 Å². The Labute approximate surface area is 168 Å². The van der Waals surface area contributed by atoms with E-state index in [1.807, 2.05) is 30.3 Å². The lowest BCUT2D eigenvalue weighted by molar-refractivity contribution is -0.127. The number of benzene rings is 1. The number of nitrogens with zero attached hydrogens (tertiary/aromatic N) is 3. The van der Waals surface area contributed by atoms with Gasteiger partial charge in [-0.1, -0.05) is 12.1 Å². The van der Waals surface area contributed by atoms with Crippen LogP contribution in [0.2, 0.25) is 0 Å². The molecule has 1 N–H and O–H groups in total. The molecule has 3 aromatic heterocycles. The van der Waals surface area contributed by atoms with Crippen molar-refractivity contribution < 1.29 is 9.21 Å². The molecular formula is C23H22N4O2. The molecule has 0 aliphatic heterocycles. The highest BCUT2D eigenvalue weighted by Crippen LogP contribution is 2.44. The van der Waals surface area contributed by atoms with Gasteiger partial charge in [0.1, 0.15) is 11.4 Å². The highest BCUT2D eigenvalue weighted by molar-refractivity contribution is 5.87. The summed E-state index contributed by atoms with van der Waals surface area (Å²) in [5.41, 5.74) is 4.85. The molecule has 1 fully saturated rings. The predicted octanol–water partition coefficient (Wildman–Crippen LogP) is 4.39. The summed E-state index contributed by atoms with van der Waals surface area (Å²) >= 11 is 0. The molecule has 29 heavy (non-hydrogen) atoms. The second kappa shape index (κ2) is 6.88. The SMILES string of the molecule is CN(C)C(=O)Cc1ccc2c(C3CC3)cc(-c3ccc(-c4ccn[nH]4)o3)nc2c1. The monoisotopic (exact) mass is 386 g/mol. The Kier molecular flexibility index (Phi) is 4.19. The maximum absolute atomic E-state index is 12.1. The molecule has 1 aliphatic rings. The Morgan fingerprint density at radius 2 is 1.97 bits per heavy atom. The lowest BCUT2D eigenvalue weighted by Gasteiger charge is -2.12. The quantitative estimate of drug-likeness (QED) is 0.552. The summed E-state index contributed by atoms with van der Waals surface area (Å²) in [5, 5.41) is 8.07. The fourth-order valence-corrected chi connectivity index (χ4v) is 3.62. The molecule has 1 saturated carbocycles. The average molecular weight is 386 g/mol. The van der Waals surface area contributed by atoms with Gasteiger partial charge in [0.25, 0.3) is 0 Å². The van der Waals surface area contributed by atoms with Crippen LogP contribution in [0.15, 0.2) is 53.1 Å². The largest absolute Gasteiger partial charge is 0.453 e. The molecule has 3 heterocycles. The van der Waals surface area contributed by atoms with Gasteiger partial charge < -0.3 is 9.32 Å². The van der Waals surface area contributed by atoms with Gasteiger partial charge in [-0.3, -0.25) is 9.89 Å². The second-order valence-corrected chi connectivity index (χ2v) is 7.82. The number of carbonyl (C=O) groups excluding carboxylic acids is 1. The first-order chi connectivity index (χ1) is 14.1. The zero-order valence-electron chi connectivity index (χ0n) is 16.5. The minimum absolute atomic E-state index is 0.0816. The van der Waals surface area contributed by atoms with Crippen LogP contribution in [0.1, 0.15) is 29.9 Å². The number of nitrogens with one attached hydrogen (secondary N) is 1. The lowest BCUT2D eigenvalue weighted by Crippen LogP contribution is -2.23. The summed E-state index contributed by atoms with van der Waals surface area (Å²) < 4.78 is 6.05. The standard InChI is InChI=1S/C23H22N4O2/c1-27(2)23(28)12-14-3-6-16-17(15-4-5-15)13-20(25-19(16)11-14)22-8-7-21(29-22)18-9-10-24-26-18/h3,6-11,13,15H,4-5,12H2,1-2H3,(H,24,26). The third kappa shape index (κ3) is 3.42. The highest BCUT2D eigenvalue weighted by atomic mass is 16.3. The summed E-state index contributed by atoms with van der Waals surface area (Å²) in [5.74, 6) is 2.12. The second-order valence-electron chi connectivity index (χ2n) is 7.82. The number of rotatable bonds is 5. The van der Waals surface area contributed by atoms with Gasteiger partial charge in [0.15, 0.2) is 11.5 Å². The Morgan fingerprint density at radius 1 is 1.14 bits per heavy atom. The van der Waals surface area contributed by atoms with E-state index in [0.29, 0.717) is 12.3 Å². The molecule has 0 atom stereocenters. The zero-order valence-corrected chi connectivity index (χ0v) is 16.5. The van der Waals surface area contributed by atoms with Gasteiger partial charge in [-0.05, 0) is 60.2 Å². The van der Waals surface area contributed by atoms with E-state index in [-0.39, 0.29) is 5.91 Å². The number of carbonyl (C=O) groups is 1. The van der Waals surface area contributed by atoms with Crippen LogP contribution < -0.4 is 0 Å². The van der Waals surface area contributed by atoms with E-state index in [1.54, 1.807) is 25.2 Å². The van der Waals surface area contributed by atoms with Crippen molar-refractivity contribution in [2.24, 2.45) is 0 Å². The molecule has 1 amide bonds. The van der Waals surface area contributed by atoms with Crippen LogP contribution >= 0.6 is 0 Å². The first kappa shape index (κ1) is 17.7. The van der Waals surface area contributed by atoms with Crippen molar-refractivity contribution in [2.45, 2.75) is 25.2 Å². The summed E-state index contributed by atoms with van der Waals surface area (Å²) in [4.78, 5) is 18.6. The Bertz CT molecular complexity index is 1190. The Balaban J connectivity index is 1.57. The molecule has 146 valence electrons. The van der Waals surface area contributed by atoms with E-state index >= 15 is 0 Å². The van der Waals surface area contributed by atoms with Crippen LogP contribution in [0.5, 0.6) is 0 Å². The van der Waals surface area contributed by atoms with Gasteiger partial charge in [-0.15, -0.1) is 0 Å². The topological polar surface area (TPSA) is 75.0 Å². The molecule has 5 rings (SSSR count). The lowest BCUT2D eigenvalue weighted by atomic mass is 10.0. The minimum Gasteiger partial charge on any atom is -0.453 e. The molecule has 6 heteroatoms. The van der Waals surface area contributed by atoms with Gasteiger partial charge in [0.05, 0.1) is 11.9 Å². The summed E-state index contributed by atoms with van der Waals surface area (Å²) in [6.07, 6.45) is 4.49. The van der Waals surface area contributed by atoms with Gasteiger partial charge in [0.2, 0.25) is 5.91 Å². The number of amides is 1. The highest BCUT2D eigenvalue weighted by Gasteiger charge is 2.27. The fourth-order valence-electron chi connectivity index (χ4n) is 3.62. The van der Waals surface area contributed by atoms with Crippen molar-refractivity contribution in [3.63, 3.8) is 0 Å². The molecule has 1 aliphatic carbocycles. The minimum atomic E-state index is 0.0816. The molecule has 0 spiro atoms. The molecular weight excluding hydrogens is 364 g/mol. The van der Waals surface area contributed by atoms with Gasteiger partial charge in [-0.25, -0.2) is 4.98 Å². The van der Waals surface area contributed by atoms with Crippen molar-refractivity contribution in [1.82, 2.24) is 20.1 Å². The van der Waals surface area contributed by atoms with E-state index in [1.165, 1.54) is 18.4 Å².